The summed E-state index contributed by atoms with van der Waals surface area (Å²) in [4.78, 5) is 12.7. The maximum Gasteiger partial charge on any atom is 0.163 e. The fraction of sp³-hybridized carbons (Fsp3) is 0.667. The second-order valence-electron chi connectivity index (χ2n) is 3.40. The summed E-state index contributed by atoms with van der Waals surface area (Å²) < 4.78 is 0. The van der Waals surface area contributed by atoms with Gasteiger partial charge < -0.3 is 0 Å². The quantitative estimate of drug-likeness (QED) is 0.359. The molecule has 0 fully saturated rings. The number of rotatable bonds is 8. The summed E-state index contributed by atoms with van der Waals surface area (Å²) in [7, 11) is 0. The third kappa shape index (κ3) is 9.76. The number of hydrogen-bond acceptors (Lipinski definition) is 1. The van der Waals surface area contributed by atoms with Crippen molar-refractivity contribution in [3.05, 3.63) is 16.8 Å². The van der Waals surface area contributed by atoms with E-state index in [0.29, 0.717) is 6.42 Å². The van der Waals surface area contributed by atoms with Crippen molar-refractivity contribution in [3.8, 4) is 0 Å². The number of ketones is 1. The van der Waals surface area contributed by atoms with Crippen molar-refractivity contribution in [3.63, 3.8) is 0 Å². The molecular formula is C12H19BrO. The van der Waals surface area contributed by atoms with Crippen LogP contribution in [-0.2, 0) is 4.79 Å². The minimum Gasteiger partial charge on any atom is -0.294 e. The van der Waals surface area contributed by atoms with Crippen molar-refractivity contribution in [1.29, 1.82) is 0 Å². The van der Waals surface area contributed by atoms with Crippen LogP contribution in [0.1, 0.15) is 51.9 Å². The molecule has 0 aromatic carbocycles. The van der Waals surface area contributed by atoms with Crippen molar-refractivity contribution >= 4 is 21.7 Å². The van der Waals surface area contributed by atoms with Crippen LogP contribution < -0.4 is 0 Å². The van der Waals surface area contributed by atoms with E-state index >= 15 is 0 Å². The van der Waals surface area contributed by atoms with Gasteiger partial charge in [0.2, 0.25) is 0 Å². The van der Waals surface area contributed by atoms with E-state index in [2.05, 4.69) is 28.6 Å². The van der Waals surface area contributed by atoms with Crippen molar-refractivity contribution in [2.45, 2.75) is 51.9 Å². The zero-order valence-electron chi connectivity index (χ0n) is 8.89. The van der Waals surface area contributed by atoms with Gasteiger partial charge in [-0.2, -0.15) is 0 Å². The predicted octanol–water partition coefficient (Wildman–Crippen LogP) is 4.37. The Morgan fingerprint density at radius 2 is 1.86 bits per heavy atom. The first-order chi connectivity index (χ1) is 6.81. The van der Waals surface area contributed by atoms with Crippen molar-refractivity contribution in [1.82, 2.24) is 0 Å². The van der Waals surface area contributed by atoms with E-state index in [-0.39, 0.29) is 5.78 Å². The Balaban J connectivity index is 3.27. The summed E-state index contributed by atoms with van der Waals surface area (Å²) in [6, 6.07) is 0. The van der Waals surface area contributed by atoms with Crippen molar-refractivity contribution < 1.29 is 4.79 Å². The van der Waals surface area contributed by atoms with E-state index in [1.54, 1.807) is 4.99 Å². The monoisotopic (exact) mass is 258 g/mol. The second kappa shape index (κ2) is 10.7. The fourth-order valence-electron chi connectivity index (χ4n) is 1.28. The van der Waals surface area contributed by atoms with Crippen LogP contribution in [0, 0.1) is 0 Å². The molecule has 2 heteroatoms. The molecule has 0 saturated heterocycles. The Kier molecular flexibility index (Phi) is 10.5. The molecule has 0 aliphatic heterocycles. The Morgan fingerprint density at radius 1 is 1.21 bits per heavy atom. The first kappa shape index (κ1) is 13.7. The number of hydrogen-bond donors (Lipinski definition) is 0. The Bertz CT molecular complexity index is 202. The first-order valence-electron chi connectivity index (χ1n) is 5.35. The van der Waals surface area contributed by atoms with Crippen LogP contribution in [-0.4, -0.2) is 5.78 Å². The summed E-state index contributed by atoms with van der Waals surface area (Å²) in [6.07, 6.45) is 9.53. The predicted molar refractivity (Wildman–Crippen MR) is 64.6 cm³/mol. The fourth-order valence-corrected chi connectivity index (χ4v) is 1.41. The SMILES string of the molecule is CCCCCCCCC(=O)C=C=CBr. The molecule has 0 rings (SSSR count). The molecule has 0 saturated carbocycles. The topological polar surface area (TPSA) is 17.1 Å². The summed E-state index contributed by atoms with van der Waals surface area (Å²) in [5.41, 5.74) is 2.73. The maximum absolute atomic E-state index is 11.1. The average Bonchev–Trinajstić information content (AvgIpc) is 2.20. The molecule has 0 aliphatic carbocycles. The molecule has 0 N–H and O–H groups in total. The van der Waals surface area contributed by atoms with Gasteiger partial charge in [0.15, 0.2) is 5.78 Å². The molecule has 0 atom stereocenters. The van der Waals surface area contributed by atoms with Crippen LogP contribution >= 0.6 is 15.9 Å². The summed E-state index contributed by atoms with van der Waals surface area (Å²) >= 11 is 3.07. The molecule has 0 aromatic heterocycles. The van der Waals surface area contributed by atoms with Crippen LogP contribution in [0.25, 0.3) is 0 Å². The zero-order chi connectivity index (χ0) is 10.6. The number of allylic oxidation sites excluding steroid dienone is 1. The largest absolute Gasteiger partial charge is 0.294 e. The highest BCUT2D eigenvalue weighted by Crippen LogP contribution is 2.07. The van der Waals surface area contributed by atoms with Gasteiger partial charge in [-0.05, 0) is 6.42 Å². The lowest BCUT2D eigenvalue weighted by atomic mass is 10.1. The molecule has 0 heterocycles. The van der Waals surface area contributed by atoms with E-state index in [1.807, 2.05) is 0 Å². The van der Waals surface area contributed by atoms with Gasteiger partial charge in [-0.3, -0.25) is 4.79 Å². The zero-order valence-corrected chi connectivity index (χ0v) is 10.5. The Labute approximate surface area is 95.4 Å². The van der Waals surface area contributed by atoms with E-state index in [1.165, 1.54) is 38.2 Å². The van der Waals surface area contributed by atoms with Gasteiger partial charge in [-0.25, -0.2) is 0 Å². The van der Waals surface area contributed by atoms with Crippen LogP contribution in [0.15, 0.2) is 16.8 Å². The molecule has 0 unspecified atom stereocenters. The summed E-state index contributed by atoms with van der Waals surface area (Å²) in [5.74, 6) is 0.177. The highest BCUT2D eigenvalue weighted by molar-refractivity contribution is 9.11. The van der Waals surface area contributed by atoms with E-state index < -0.39 is 0 Å². The molecule has 0 aromatic rings. The number of halogens is 1. The van der Waals surface area contributed by atoms with Gasteiger partial charge in [0.05, 0.1) is 0 Å². The van der Waals surface area contributed by atoms with Crippen LogP contribution in [0.2, 0.25) is 0 Å². The molecule has 1 nitrogen and oxygen atoms in total. The molecular weight excluding hydrogens is 240 g/mol. The van der Waals surface area contributed by atoms with Crippen molar-refractivity contribution in [2.75, 3.05) is 0 Å². The number of unbranched alkanes of at least 4 members (excludes halogenated alkanes) is 5. The second-order valence-corrected chi connectivity index (χ2v) is 3.86. The van der Waals surface area contributed by atoms with E-state index in [0.717, 1.165) is 6.42 Å². The maximum atomic E-state index is 11.1. The van der Waals surface area contributed by atoms with Crippen LogP contribution in [0.3, 0.4) is 0 Å². The van der Waals surface area contributed by atoms with Gasteiger partial charge in [0.1, 0.15) is 0 Å². The molecule has 0 spiro atoms. The van der Waals surface area contributed by atoms with E-state index in [4.69, 9.17) is 0 Å². The highest BCUT2D eigenvalue weighted by Gasteiger charge is 1.95. The van der Waals surface area contributed by atoms with E-state index in [9.17, 15) is 4.79 Å². The summed E-state index contributed by atoms with van der Waals surface area (Å²) in [6.45, 7) is 2.21. The number of carbonyl (C=O) groups is 1. The standard InChI is InChI=1S/C12H19BrO/c1-2-3-4-5-6-7-9-12(14)10-8-11-13/h10-11H,2-7,9H2,1H3. The molecule has 80 valence electrons. The third-order valence-electron chi connectivity index (χ3n) is 2.08. The molecule has 14 heavy (non-hydrogen) atoms. The smallest absolute Gasteiger partial charge is 0.163 e. The lowest BCUT2D eigenvalue weighted by molar-refractivity contribution is -0.114. The van der Waals surface area contributed by atoms with Gasteiger partial charge >= 0.3 is 0 Å². The average molecular weight is 259 g/mol. The molecule has 0 bridgehead atoms. The summed E-state index contributed by atoms with van der Waals surface area (Å²) in [5, 5.41) is 0. The van der Waals surface area contributed by atoms with Gasteiger partial charge in [0, 0.05) is 17.5 Å². The Morgan fingerprint density at radius 3 is 2.50 bits per heavy atom. The lowest BCUT2D eigenvalue weighted by Gasteiger charge is -1.97. The van der Waals surface area contributed by atoms with Gasteiger partial charge in [-0.1, -0.05) is 55.0 Å². The molecule has 0 aliphatic rings. The molecule has 0 radical (unpaired) electrons. The minimum absolute atomic E-state index is 0.177. The van der Waals surface area contributed by atoms with Gasteiger partial charge in [0.25, 0.3) is 0 Å². The van der Waals surface area contributed by atoms with Crippen LogP contribution in [0.5, 0.6) is 0 Å². The first-order valence-corrected chi connectivity index (χ1v) is 6.26. The van der Waals surface area contributed by atoms with Crippen LogP contribution in [0.4, 0.5) is 0 Å². The third-order valence-corrected chi connectivity index (χ3v) is 2.35. The lowest BCUT2D eigenvalue weighted by Crippen LogP contribution is -1.91. The molecule has 0 amide bonds. The number of carbonyl (C=O) groups excluding carboxylic acids is 1. The highest BCUT2D eigenvalue weighted by atomic mass is 79.9. The normalized spacial score (nSPS) is 9.29. The minimum atomic E-state index is 0.177. The van der Waals surface area contributed by atoms with Crippen molar-refractivity contribution in [2.24, 2.45) is 0 Å². The van der Waals surface area contributed by atoms with Gasteiger partial charge in [-0.15, -0.1) is 5.73 Å². The Hall–Kier alpha value is -0.330.